The number of aromatic nitrogens is 3. The first-order valence-electron chi connectivity index (χ1n) is 10.4. The van der Waals surface area contributed by atoms with E-state index in [0.29, 0.717) is 45.8 Å². The van der Waals surface area contributed by atoms with Crippen LogP contribution >= 0.6 is 34.5 Å². The zero-order valence-electron chi connectivity index (χ0n) is 17.6. The number of nitrogens with zero attached hydrogens (tertiary/aromatic N) is 5. The van der Waals surface area contributed by atoms with Gasteiger partial charge in [0.15, 0.2) is 0 Å². The molecule has 0 radical (unpaired) electrons. The number of β-amino-alcohol motifs (C(OH)–C–C–N with tert-alkyl or cyclic N) is 1. The van der Waals surface area contributed by atoms with Crippen LogP contribution in [0.3, 0.4) is 0 Å². The Balaban J connectivity index is 1.42. The lowest BCUT2D eigenvalue weighted by Gasteiger charge is -2.35. The molecule has 0 unspecified atom stereocenters. The van der Waals surface area contributed by atoms with E-state index in [2.05, 4.69) is 30.1 Å². The quantitative estimate of drug-likeness (QED) is 0.610. The average molecular weight is 495 g/mol. The molecule has 4 rings (SSSR count). The fraction of sp³-hybridized carbons (Fsp3) is 0.429. The first-order valence-corrected chi connectivity index (χ1v) is 11.9. The average Bonchev–Trinajstić information content (AvgIpc) is 3.36. The van der Waals surface area contributed by atoms with E-state index in [1.165, 1.54) is 11.3 Å². The summed E-state index contributed by atoms with van der Waals surface area (Å²) in [5.74, 6) is 1.32. The van der Waals surface area contributed by atoms with Crippen LogP contribution in [-0.4, -0.2) is 70.2 Å². The number of halogens is 2. The highest BCUT2D eigenvalue weighted by molar-refractivity contribution is 7.13. The highest BCUT2D eigenvalue weighted by Gasteiger charge is 2.21. The molecule has 2 aromatic rings. The van der Waals surface area contributed by atoms with E-state index in [1.807, 2.05) is 13.0 Å². The molecule has 11 heteroatoms. The Bertz CT molecular complexity index is 1060. The molecule has 0 atom stereocenters. The molecule has 2 N–H and O–H groups in total. The van der Waals surface area contributed by atoms with Gasteiger partial charge in [-0.25, -0.2) is 15.0 Å². The van der Waals surface area contributed by atoms with Crippen LogP contribution in [-0.2, 0) is 6.42 Å². The molecule has 1 amide bonds. The summed E-state index contributed by atoms with van der Waals surface area (Å²) in [5, 5.41) is 13.7. The van der Waals surface area contributed by atoms with Gasteiger partial charge in [-0.1, -0.05) is 29.3 Å². The summed E-state index contributed by atoms with van der Waals surface area (Å²) in [5.41, 5.74) is 1.32. The normalized spacial score (nSPS) is 17.1. The van der Waals surface area contributed by atoms with Crippen molar-refractivity contribution in [2.45, 2.75) is 19.8 Å². The second kappa shape index (κ2) is 10.3. The highest BCUT2D eigenvalue weighted by Crippen LogP contribution is 2.30. The first-order chi connectivity index (χ1) is 15.4. The monoisotopic (exact) mass is 494 g/mol. The number of piperazine rings is 1. The number of carbonyl (C=O) groups excluding carboxylic acids is 1. The van der Waals surface area contributed by atoms with Crippen LogP contribution in [0.4, 0.5) is 5.82 Å². The van der Waals surface area contributed by atoms with Crippen LogP contribution < -0.4 is 10.2 Å². The van der Waals surface area contributed by atoms with Gasteiger partial charge in [-0.15, -0.1) is 11.3 Å². The van der Waals surface area contributed by atoms with E-state index in [9.17, 15) is 4.79 Å². The van der Waals surface area contributed by atoms with Crippen LogP contribution in [0.2, 0.25) is 0 Å². The van der Waals surface area contributed by atoms with Gasteiger partial charge in [0.25, 0.3) is 5.91 Å². The fourth-order valence-electron chi connectivity index (χ4n) is 3.67. The molecule has 2 aromatic heterocycles. The number of rotatable bonds is 7. The van der Waals surface area contributed by atoms with Gasteiger partial charge in [0.2, 0.25) is 0 Å². The van der Waals surface area contributed by atoms with Crippen molar-refractivity contribution in [3.8, 4) is 0 Å². The molecular formula is C21H24Cl2N6O2S. The van der Waals surface area contributed by atoms with E-state index in [-0.39, 0.29) is 12.5 Å². The van der Waals surface area contributed by atoms with Crippen LogP contribution in [0.5, 0.6) is 0 Å². The Labute approximate surface area is 200 Å². The first kappa shape index (κ1) is 23.1. The third-order valence-corrected chi connectivity index (χ3v) is 6.99. The number of aliphatic hydroxyl groups excluding tert-OH is 1. The molecule has 1 aliphatic heterocycles. The van der Waals surface area contributed by atoms with Crippen LogP contribution in [0, 0.1) is 6.92 Å². The van der Waals surface area contributed by atoms with Gasteiger partial charge in [0.05, 0.1) is 34.2 Å². The predicted molar refractivity (Wildman–Crippen MR) is 126 cm³/mol. The maximum Gasteiger partial charge on any atom is 0.267 e. The van der Waals surface area contributed by atoms with E-state index < -0.39 is 0 Å². The molecule has 3 heterocycles. The summed E-state index contributed by atoms with van der Waals surface area (Å²) in [6.45, 7) is 6.26. The zero-order chi connectivity index (χ0) is 22.7. The number of aliphatic hydroxyl groups is 1. The number of thiazole rings is 1. The van der Waals surface area contributed by atoms with Gasteiger partial charge >= 0.3 is 0 Å². The molecule has 0 bridgehead atoms. The molecule has 8 nitrogen and oxygen atoms in total. The lowest BCUT2D eigenvalue weighted by molar-refractivity contribution is 0.0970. The standard InChI is InChI=1S/C21H24Cl2N6O2S/c1-13-25-14(10-18(26-13)29-6-4-28(5-7-29)8-9-30)11-19-24-12-17(32-19)21(31)27-20-15(22)2-3-16(20)23/h2,10,12,30H,3-9,11H2,1H3,(H,27,31). The van der Waals surface area contributed by atoms with Crippen molar-refractivity contribution in [3.63, 3.8) is 0 Å². The Hall–Kier alpha value is -2.04. The maximum absolute atomic E-state index is 12.6. The van der Waals surface area contributed by atoms with Gasteiger partial charge in [-0.05, 0) is 6.92 Å². The van der Waals surface area contributed by atoms with E-state index in [1.54, 1.807) is 12.3 Å². The molecule has 0 spiro atoms. The summed E-state index contributed by atoms with van der Waals surface area (Å²) in [7, 11) is 0. The van der Waals surface area contributed by atoms with Crippen molar-refractivity contribution in [1.29, 1.82) is 0 Å². The van der Waals surface area contributed by atoms with Crippen LogP contribution in [0.1, 0.15) is 32.6 Å². The molecule has 32 heavy (non-hydrogen) atoms. The number of hydrogen-bond donors (Lipinski definition) is 2. The topological polar surface area (TPSA) is 94.5 Å². The molecule has 2 aliphatic rings. The van der Waals surface area contributed by atoms with Crippen LogP contribution in [0.25, 0.3) is 0 Å². The second-order valence-corrected chi connectivity index (χ2v) is 9.58. The van der Waals surface area contributed by atoms with E-state index in [4.69, 9.17) is 28.3 Å². The van der Waals surface area contributed by atoms with Gasteiger partial charge in [-0.3, -0.25) is 9.69 Å². The Morgan fingerprint density at radius 2 is 2.03 bits per heavy atom. The minimum absolute atomic E-state index is 0.180. The summed E-state index contributed by atoms with van der Waals surface area (Å²) < 4.78 is 0. The number of carbonyl (C=O) groups is 1. The van der Waals surface area contributed by atoms with Crippen molar-refractivity contribution in [1.82, 2.24) is 25.2 Å². The molecular weight excluding hydrogens is 471 g/mol. The van der Waals surface area contributed by atoms with Gasteiger partial charge in [0.1, 0.15) is 16.5 Å². The Morgan fingerprint density at radius 1 is 1.25 bits per heavy atom. The van der Waals surface area contributed by atoms with Crippen LogP contribution in [0.15, 0.2) is 34.1 Å². The van der Waals surface area contributed by atoms with Gasteiger partial charge < -0.3 is 15.3 Å². The van der Waals surface area contributed by atoms with E-state index in [0.717, 1.165) is 42.7 Å². The minimum Gasteiger partial charge on any atom is -0.395 e. The van der Waals surface area contributed by atoms with Crippen molar-refractivity contribution in [2.24, 2.45) is 0 Å². The number of amides is 1. The number of anilines is 1. The number of allylic oxidation sites excluding steroid dienone is 3. The minimum atomic E-state index is -0.282. The smallest absolute Gasteiger partial charge is 0.267 e. The number of hydrogen-bond acceptors (Lipinski definition) is 8. The maximum atomic E-state index is 12.6. The lowest BCUT2D eigenvalue weighted by Crippen LogP contribution is -2.47. The van der Waals surface area contributed by atoms with E-state index >= 15 is 0 Å². The Morgan fingerprint density at radius 3 is 2.72 bits per heavy atom. The third kappa shape index (κ3) is 5.47. The summed E-state index contributed by atoms with van der Waals surface area (Å²) in [6.07, 6.45) is 4.36. The molecule has 170 valence electrons. The van der Waals surface area contributed by atoms with Crippen molar-refractivity contribution < 1.29 is 9.90 Å². The molecule has 1 saturated heterocycles. The van der Waals surface area contributed by atoms with Crippen molar-refractivity contribution in [2.75, 3.05) is 44.2 Å². The molecule has 1 aliphatic carbocycles. The zero-order valence-corrected chi connectivity index (χ0v) is 20.0. The van der Waals surface area contributed by atoms with Gasteiger partial charge in [-0.2, -0.15) is 0 Å². The predicted octanol–water partition coefficient (Wildman–Crippen LogP) is 2.65. The number of aryl methyl sites for hydroxylation is 1. The largest absolute Gasteiger partial charge is 0.395 e. The third-order valence-electron chi connectivity index (χ3n) is 5.31. The fourth-order valence-corrected chi connectivity index (χ4v) is 5.02. The highest BCUT2D eigenvalue weighted by atomic mass is 35.5. The second-order valence-electron chi connectivity index (χ2n) is 7.60. The summed E-state index contributed by atoms with van der Waals surface area (Å²) in [6, 6.07) is 1.99. The molecule has 0 saturated carbocycles. The Kier molecular flexibility index (Phi) is 7.42. The molecule has 1 fully saturated rings. The summed E-state index contributed by atoms with van der Waals surface area (Å²) in [4.78, 5) is 31.1. The molecule has 0 aromatic carbocycles. The van der Waals surface area contributed by atoms with Gasteiger partial charge in [0, 0.05) is 56.7 Å². The number of nitrogens with one attached hydrogen (secondary N) is 1. The van der Waals surface area contributed by atoms with Crippen molar-refractivity contribution >= 4 is 46.3 Å². The van der Waals surface area contributed by atoms with Crippen molar-refractivity contribution in [3.05, 3.63) is 55.5 Å². The SMILES string of the molecule is Cc1nc(Cc2ncc(C(=O)NC3=C(Cl)CC=C3Cl)s2)cc(N2CCN(CCO)CC2)n1. The summed E-state index contributed by atoms with van der Waals surface area (Å²) >= 11 is 13.5. The lowest BCUT2D eigenvalue weighted by atomic mass is 10.2.